The molecule has 6 atom stereocenters. The van der Waals surface area contributed by atoms with Crippen LogP contribution in [0.2, 0.25) is 30.1 Å². The Morgan fingerprint density at radius 3 is 0.601 bits per heavy atom. The highest BCUT2D eigenvalue weighted by Gasteiger charge is 2.48. The molecule has 0 saturated heterocycles. The third-order valence-corrected chi connectivity index (χ3v) is 34.2. The van der Waals surface area contributed by atoms with E-state index in [0.717, 1.165) is 145 Å². The fourth-order valence-electron chi connectivity index (χ4n) is 24.3. The first-order valence-electron chi connectivity index (χ1n) is 49.4. The Kier molecular flexibility index (Phi) is 29.1. The zero-order valence-corrected chi connectivity index (χ0v) is 81.7. The van der Waals surface area contributed by atoms with Gasteiger partial charge in [-0.05, 0) is 242 Å². The Morgan fingerprint density at radius 1 is 0.239 bits per heavy atom. The Bertz CT molecular complexity index is 5770. The van der Waals surface area contributed by atoms with E-state index in [2.05, 4.69) is 83.1 Å². The van der Waals surface area contributed by atoms with Crippen molar-refractivity contribution in [1.82, 2.24) is 57.3 Å². The van der Waals surface area contributed by atoms with Crippen molar-refractivity contribution in [3.63, 3.8) is 0 Å². The lowest BCUT2D eigenvalue weighted by Crippen LogP contribution is -2.35. The molecule has 4 N–H and O–H groups in total. The summed E-state index contributed by atoms with van der Waals surface area (Å²) in [6.45, 7) is 0. The highest BCUT2D eigenvalue weighted by Crippen LogP contribution is 2.56. The van der Waals surface area contributed by atoms with E-state index in [1.54, 1.807) is 12.5 Å². The Morgan fingerprint density at radius 2 is 0.413 bits per heavy atom. The molecule has 6 unspecified atom stereocenters. The van der Waals surface area contributed by atoms with Gasteiger partial charge in [-0.1, -0.05) is 162 Å². The molecule has 0 radical (unpaired) electrons. The molecular weight excluding hydrogens is 1890 g/mol. The molecule has 0 spiro atoms. The van der Waals surface area contributed by atoms with E-state index < -0.39 is 39.9 Å². The van der Waals surface area contributed by atoms with Gasteiger partial charge in [0.1, 0.15) is 34.0 Å². The van der Waals surface area contributed by atoms with Gasteiger partial charge in [0, 0.05) is 110 Å². The molecule has 6 saturated carbocycles. The molecular formula is C108H118Cl6F8N12O4. The highest BCUT2D eigenvalue weighted by molar-refractivity contribution is 6.34. The van der Waals surface area contributed by atoms with Crippen molar-refractivity contribution in [3.8, 4) is 67.5 Å². The molecule has 12 aliphatic rings. The van der Waals surface area contributed by atoms with Crippen LogP contribution in [0.25, 0.3) is 67.5 Å². The van der Waals surface area contributed by atoms with E-state index in [4.69, 9.17) is 69.6 Å². The molecule has 12 heterocycles. The molecule has 30 heteroatoms. The first-order valence-corrected chi connectivity index (χ1v) is 51.7. The quantitative estimate of drug-likeness (QED) is 0.0602. The summed E-state index contributed by atoms with van der Waals surface area (Å²) in [7, 11) is 0. The molecule has 6 aromatic heterocycles. The minimum atomic E-state index is -2.71. The minimum Gasteiger partial charge on any atom is -0.393 e. The van der Waals surface area contributed by atoms with Crippen molar-refractivity contribution in [3.05, 3.63) is 248 Å². The zero-order chi connectivity index (χ0) is 96.2. The molecule has 732 valence electrons. The maximum absolute atomic E-state index is 15.0. The molecule has 6 aromatic carbocycles. The minimum absolute atomic E-state index is 0.0516. The Balaban J connectivity index is 0.000000106. The van der Waals surface area contributed by atoms with Crippen LogP contribution in [0.3, 0.4) is 0 Å². The van der Waals surface area contributed by atoms with Crippen molar-refractivity contribution >= 4 is 69.6 Å². The molecule has 6 fully saturated rings. The number of aromatic nitrogens is 12. The first-order chi connectivity index (χ1) is 66.4. The summed E-state index contributed by atoms with van der Waals surface area (Å²) in [5.74, 6) is -2.71. The lowest BCUT2D eigenvalue weighted by atomic mass is 9.80. The van der Waals surface area contributed by atoms with Gasteiger partial charge in [-0.3, -0.25) is 0 Å². The van der Waals surface area contributed by atoms with Gasteiger partial charge >= 0.3 is 0 Å². The number of aliphatic hydroxyl groups is 4. The lowest BCUT2D eigenvalue weighted by Gasteiger charge is -2.34. The van der Waals surface area contributed by atoms with Crippen molar-refractivity contribution in [2.24, 2.45) is 0 Å². The summed E-state index contributed by atoms with van der Waals surface area (Å²) in [6.07, 6.45) is 39.4. The number of hydrogen-bond acceptors (Lipinski definition) is 10. The van der Waals surface area contributed by atoms with Crippen LogP contribution >= 0.6 is 69.6 Å². The van der Waals surface area contributed by atoms with Crippen molar-refractivity contribution in [1.29, 1.82) is 0 Å². The van der Waals surface area contributed by atoms with Crippen molar-refractivity contribution in [2.75, 3.05) is 0 Å². The van der Waals surface area contributed by atoms with Crippen molar-refractivity contribution < 1.29 is 55.5 Å². The SMILES string of the molecule is FC1(CCC2c3c(Cl)cccc3-c3cncn32)CCCCC1.FC1(F)CCC(F)(CCC2c3c(Cl)cccc3-c3cncn32)CC1.OC1CCC(F)(CCC2c3c(Cl)cccc3-c3cncn32)CC1.OC1CCC(F)(CCC2c3c(Cl)cccc3-c3cncn32)CC1.OC1CCC(F)(CCC2c3c(Cl)cccc3-c3cncn32)CC1.OC1CCC(F)(CCC2c3c(Cl)cccc3-c3cncn32)CC1. The first kappa shape index (κ1) is 98.4. The van der Waals surface area contributed by atoms with Gasteiger partial charge in [0.2, 0.25) is 5.92 Å². The van der Waals surface area contributed by atoms with Gasteiger partial charge in [0.05, 0.1) is 170 Å². The maximum Gasteiger partial charge on any atom is 0.248 e. The molecule has 6 aliphatic carbocycles. The monoisotopic (exact) mass is 2010 g/mol. The second kappa shape index (κ2) is 40.8. The number of aliphatic hydroxyl groups excluding tert-OH is 4. The summed E-state index contributed by atoms with van der Waals surface area (Å²) >= 11 is 38.5. The van der Waals surface area contributed by atoms with Crippen LogP contribution in [-0.2, 0) is 0 Å². The van der Waals surface area contributed by atoms with Gasteiger partial charge < -0.3 is 47.8 Å². The van der Waals surface area contributed by atoms with Crippen LogP contribution in [-0.4, -0.2) is 142 Å². The number of alkyl halides is 8. The van der Waals surface area contributed by atoms with Gasteiger partial charge in [-0.2, -0.15) is 0 Å². The second-order valence-electron chi connectivity index (χ2n) is 40.9. The predicted octanol–water partition coefficient (Wildman–Crippen LogP) is 29.5. The largest absolute Gasteiger partial charge is 0.393 e. The van der Waals surface area contributed by atoms with E-state index >= 15 is 17.6 Å². The van der Waals surface area contributed by atoms with Crippen molar-refractivity contribution in [2.45, 2.75) is 338 Å². The molecule has 0 bridgehead atoms. The summed E-state index contributed by atoms with van der Waals surface area (Å²) in [5, 5.41) is 42.8. The zero-order valence-electron chi connectivity index (χ0n) is 77.2. The lowest BCUT2D eigenvalue weighted by molar-refractivity contribution is -0.0782. The van der Waals surface area contributed by atoms with Gasteiger partial charge in [0.15, 0.2) is 0 Å². The summed E-state index contributed by atoms with van der Waals surface area (Å²) < 4.78 is 129. The van der Waals surface area contributed by atoms with Crippen LogP contribution in [0.1, 0.15) is 307 Å². The average molecular weight is 2010 g/mol. The predicted molar refractivity (Wildman–Crippen MR) is 528 cm³/mol. The standard InChI is InChI=1S/C18H18ClF3N2.4C18H20ClFN2O.C18H20ClFN2/c19-13-3-1-2-12-15-10-23-11-24(15)14(16(12)13)4-5-17(20)6-8-18(21,22)9-7-17;4*19-14-3-1-2-13-16-10-21-11-22(16)15(17(13)14)6-9-18(20)7-4-12(23)5-8-18;19-14-6-4-5-13-16-11-21-12-22(16)15(17(13)14)7-10-18(20)8-2-1-3-9-18/h1-3,10-11,14H,4-9H2;4*1-3,10-12,15,23H,4-9H2;4-6,11-12,15H,1-3,7-10H2. The highest BCUT2D eigenvalue weighted by atomic mass is 35.5. The van der Waals surface area contributed by atoms with Crippen LogP contribution in [0.4, 0.5) is 35.1 Å². The van der Waals surface area contributed by atoms with Crippen LogP contribution < -0.4 is 0 Å². The molecule has 12 aromatic rings. The van der Waals surface area contributed by atoms with Gasteiger partial charge in [-0.15, -0.1) is 0 Å². The number of halogens is 14. The van der Waals surface area contributed by atoms with E-state index in [9.17, 15) is 38.0 Å². The third-order valence-electron chi connectivity index (χ3n) is 32.2. The molecule has 24 rings (SSSR count). The second-order valence-corrected chi connectivity index (χ2v) is 43.3. The number of benzene rings is 6. The number of rotatable bonds is 18. The maximum atomic E-state index is 15.0. The topological polar surface area (TPSA) is 188 Å². The number of nitrogens with zero attached hydrogens (tertiary/aromatic N) is 12. The number of imidazole rings is 6. The fraction of sp³-hybridized carbons (Fsp3) is 0.500. The van der Waals surface area contributed by atoms with Gasteiger partial charge in [0.25, 0.3) is 0 Å². The Hall–Kier alpha value is -8.40. The molecule has 138 heavy (non-hydrogen) atoms. The third kappa shape index (κ3) is 20.5. The van der Waals surface area contributed by atoms with Crippen LogP contribution in [0, 0.1) is 0 Å². The summed E-state index contributed by atoms with van der Waals surface area (Å²) in [4.78, 5) is 25.4. The smallest absolute Gasteiger partial charge is 0.248 e. The summed E-state index contributed by atoms with van der Waals surface area (Å²) in [6, 6.07) is 35.5. The average Bonchev–Trinajstić information content (AvgIpc) is 1.62. The molecule has 6 aliphatic heterocycles. The fourth-order valence-corrected chi connectivity index (χ4v) is 26.1. The number of fused-ring (bicyclic) bond motifs is 18. The number of hydrogen-bond donors (Lipinski definition) is 4. The Labute approximate surface area is 830 Å². The van der Waals surface area contributed by atoms with Crippen LogP contribution in [0.5, 0.6) is 0 Å². The van der Waals surface area contributed by atoms with E-state index in [1.807, 2.05) is 146 Å². The molecule has 16 nitrogen and oxygen atoms in total. The molecule has 0 amide bonds. The van der Waals surface area contributed by atoms with E-state index in [1.165, 1.54) is 6.42 Å². The normalized spacial score (nSPS) is 27.3. The van der Waals surface area contributed by atoms with Gasteiger partial charge in [-0.25, -0.2) is 65.0 Å². The van der Waals surface area contributed by atoms with E-state index in [0.29, 0.717) is 185 Å². The summed E-state index contributed by atoms with van der Waals surface area (Å²) in [5.41, 5.74) is 12.2. The van der Waals surface area contributed by atoms with E-state index in [-0.39, 0.29) is 92.8 Å². The van der Waals surface area contributed by atoms with Crippen LogP contribution in [0.15, 0.2) is 184 Å².